The van der Waals surface area contributed by atoms with Crippen molar-refractivity contribution >= 4 is 11.6 Å². The molecule has 3 aliphatic carbocycles. The molecule has 3 atom stereocenters. The smallest absolute Gasteiger partial charge is 0.173 e. The van der Waals surface area contributed by atoms with Crippen molar-refractivity contribution < 1.29 is 9.47 Å². The van der Waals surface area contributed by atoms with Crippen LogP contribution in [-0.4, -0.2) is 19.0 Å². The predicted molar refractivity (Wildman–Crippen MR) is 97.8 cm³/mol. The Kier molecular flexibility index (Phi) is 3.99. The van der Waals surface area contributed by atoms with Gasteiger partial charge in [-0.1, -0.05) is 50.1 Å². The molecule has 0 aromatic heterocycles. The molecule has 24 heavy (non-hydrogen) atoms. The summed E-state index contributed by atoms with van der Waals surface area (Å²) in [4.78, 5) is 0. The van der Waals surface area contributed by atoms with Gasteiger partial charge in [-0.15, -0.1) is 0 Å². The fourth-order valence-electron chi connectivity index (χ4n) is 6.80. The second-order valence-electron chi connectivity index (χ2n) is 9.14. The molecule has 0 N–H and O–H groups in total. The summed E-state index contributed by atoms with van der Waals surface area (Å²) < 4.78 is 12.4. The average molecular weight is 351 g/mol. The maximum atomic E-state index is 6.22. The van der Waals surface area contributed by atoms with E-state index in [2.05, 4.69) is 32.9 Å². The SMILES string of the molecule is CC1(C)[C@@H]2CC[C@@]3(C=CCl)CCCC=C3[C@@]2(C)CCC12OCCO2. The van der Waals surface area contributed by atoms with Gasteiger partial charge in [-0.3, -0.25) is 0 Å². The summed E-state index contributed by atoms with van der Waals surface area (Å²) in [6.07, 6.45) is 13.2. The van der Waals surface area contributed by atoms with E-state index in [-0.39, 0.29) is 22.0 Å². The molecule has 134 valence electrons. The van der Waals surface area contributed by atoms with Crippen LogP contribution in [0.4, 0.5) is 0 Å². The lowest BCUT2D eigenvalue weighted by molar-refractivity contribution is -0.284. The Hall–Kier alpha value is -0.310. The summed E-state index contributed by atoms with van der Waals surface area (Å²) in [5.41, 5.74) is 3.89. The minimum Gasteiger partial charge on any atom is -0.347 e. The van der Waals surface area contributed by atoms with Crippen LogP contribution < -0.4 is 0 Å². The summed E-state index contributed by atoms with van der Waals surface area (Å²) in [5, 5.41) is 0. The number of hydrogen-bond donors (Lipinski definition) is 0. The maximum absolute atomic E-state index is 6.22. The van der Waals surface area contributed by atoms with Crippen molar-refractivity contribution in [3.8, 4) is 0 Å². The summed E-state index contributed by atoms with van der Waals surface area (Å²) in [6, 6.07) is 0. The molecule has 0 unspecified atom stereocenters. The topological polar surface area (TPSA) is 18.5 Å². The third kappa shape index (κ3) is 2.09. The average Bonchev–Trinajstić information content (AvgIpc) is 3.03. The molecule has 3 fully saturated rings. The number of fused-ring (bicyclic) bond motifs is 3. The Morgan fingerprint density at radius 1 is 1.08 bits per heavy atom. The van der Waals surface area contributed by atoms with E-state index in [1.165, 1.54) is 32.1 Å². The number of allylic oxidation sites excluding steroid dienone is 3. The molecular formula is C21H31ClO2. The van der Waals surface area contributed by atoms with Crippen molar-refractivity contribution in [2.45, 2.75) is 71.5 Å². The Balaban J connectivity index is 1.77. The fraction of sp³-hybridized carbons (Fsp3) is 0.810. The van der Waals surface area contributed by atoms with E-state index in [4.69, 9.17) is 21.1 Å². The van der Waals surface area contributed by atoms with Gasteiger partial charge in [0.25, 0.3) is 0 Å². The van der Waals surface area contributed by atoms with Crippen LogP contribution in [0.3, 0.4) is 0 Å². The molecule has 1 aliphatic heterocycles. The fourth-order valence-corrected chi connectivity index (χ4v) is 7.04. The molecule has 1 heterocycles. The molecule has 4 aliphatic rings. The Morgan fingerprint density at radius 3 is 2.54 bits per heavy atom. The normalized spacial score (nSPS) is 43.5. The van der Waals surface area contributed by atoms with Crippen LogP contribution in [0.1, 0.15) is 65.7 Å². The number of rotatable bonds is 1. The van der Waals surface area contributed by atoms with Gasteiger partial charge in [-0.2, -0.15) is 0 Å². The minimum atomic E-state index is -0.366. The van der Waals surface area contributed by atoms with Gasteiger partial charge < -0.3 is 9.47 Å². The third-order valence-corrected chi connectivity index (χ3v) is 8.06. The van der Waals surface area contributed by atoms with Gasteiger partial charge in [0.1, 0.15) is 0 Å². The Bertz CT molecular complexity index is 572. The standard InChI is InChI=1S/C21H31ClO2/c1-18(2)16-7-9-20(12-13-22)8-5-4-6-17(20)19(16,3)10-11-21(18)23-14-15-24-21/h6,12-13,16H,4-5,7-11,14-15H2,1-3H3/t16-,19-,20+/m0/s1. The third-order valence-electron chi connectivity index (χ3n) is 7.94. The first-order chi connectivity index (χ1) is 11.4. The number of halogens is 1. The largest absolute Gasteiger partial charge is 0.347 e. The number of hydrogen-bond acceptors (Lipinski definition) is 2. The number of ether oxygens (including phenoxy) is 2. The molecule has 0 aromatic rings. The quantitative estimate of drug-likeness (QED) is 0.555. The van der Waals surface area contributed by atoms with E-state index in [0.29, 0.717) is 5.92 Å². The molecule has 1 saturated heterocycles. The summed E-state index contributed by atoms with van der Waals surface area (Å²) >= 11 is 6.08. The summed E-state index contributed by atoms with van der Waals surface area (Å²) in [5.74, 6) is 0.229. The van der Waals surface area contributed by atoms with Crippen LogP contribution in [0, 0.1) is 22.2 Å². The molecule has 1 spiro atoms. The van der Waals surface area contributed by atoms with E-state index in [1.807, 2.05) is 0 Å². The highest BCUT2D eigenvalue weighted by molar-refractivity contribution is 6.25. The lowest BCUT2D eigenvalue weighted by Gasteiger charge is -2.64. The molecule has 0 aromatic carbocycles. The molecule has 0 bridgehead atoms. The van der Waals surface area contributed by atoms with Crippen LogP contribution in [0.5, 0.6) is 0 Å². The molecular weight excluding hydrogens is 320 g/mol. The lowest BCUT2D eigenvalue weighted by Crippen LogP contribution is -2.61. The molecule has 2 saturated carbocycles. The van der Waals surface area contributed by atoms with Crippen LogP contribution >= 0.6 is 11.6 Å². The highest BCUT2D eigenvalue weighted by Crippen LogP contribution is 2.69. The van der Waals surface area contributed by atoms with Crippen molar-refractivity contribution in [1.29, 1.82) is 0 Å². The first-order valence-electron chi connectivity index (χ1n) is 9.67. The first-order valence-corrected chi connectivity index (χ1v) is 10.1. The van der Waals surface area contributed by atoms with Gasteiger partial charge >= 0.3 is 0 Å². The van der Waals surface area contributed by atoms with Crippen LogP contribution in [0.15, 0.2) is 23.3 Å². The van der Waals surface area contributed by atoms with Crippen molar-refractivity contribution in [1.82, 2.24) is 0 Å². The van der Waals surface area contributed by atoms with Crippen molar-refractivity contribution in [3.05, 3.63) is 23.3 Å². The highest BCUT2D eigenvalue weighted by Gasteiger charge is 2.65. The minimum absolute atomic E-state index is 0.0334. The van der Waals surface area contributed by atoms with Crippen molar-refractivity contribution in [2.24, 2.45) is 22.2 Å². The highest BCUT2D eigenvalue weighted by atomic mass is 35.5. The molecule has 2 nitrogen and oxygen atoms in total. The van der Waals surface area contributed by atoms with E-state index >= 15 is 0 Å². The van der Waals surface area contributed by atoms with Gasteiger partial charge in [0, 0.05) is 22.8 Å². The summed E-state index contributed by atoms with van der Waals surface area (Å²) in [6.45, 7) is 8.76. The van der Waals surface area contributed by atoms with E-state index in [0.717, 1.165) is 26.1 Å². The van der Waals surface area contributed by atoms with Gasteiger partial charge in [-0.25, -0.2) is 0 Å². The van der Waals surface area contributed by atoms with Gasteiger partial charge in [-0.05, 0) is 49.9 Å². The summed E-state index contributed by atoms with van der Waals surface area (Å²) in [7, 11) is 0. The van der Waals surface area contributed by atoms with Crippen molar-refractivity contribution in [2.75, 3.05) is 13.2 Å². The van der Waals surface area contributed by atoms with Crippen LogP contribution in [0.2, 0.25) is 0 Å². The second-order valence-corrected chi connectivity index (χ2v) is 9.39. The van der Waals surface area contributed by atoms with Crippen LogP contribution in [0.25, 0.3) is 0 Å². The second kappa shape index (κ2) is 5.59. The maximum Gasteiger partial charge on any atom is 0.173 e. The van der Waals surface area contributed by atoms with Crippen molar-refractivity contribution in [3.63, 3.8) is 0 Å². The van der Waals surface area contributed by atoms with E-state index in [9.17, 15) is 0 Å². The Labute approximate surface area is 151 Å². The Morgan fingerprint density at radius 2 is 1.83 bits per heavy atom. The zero-order chi connectivity index (χ0) is 17.1. The van der Waals surface area contributed by atoms with Gasteiger partial charge in [0.05, 0.1) is 13.2 Å². The predicted octanol–water partition coefficient (Wildman–Crippen LogP) is 5.82. The molecule has 0 radical (unpaired) electrons. The molecule has 3 heteroatoms. The monoisotopic (exact) mass is 350 g/mol. The zero-order valence-corrected chi connectivity index (χ0v) is 16.1. The zero-order valence-electron chi connectivity index (χ0n) is 15.4. The molecule has 0 amide bonds. The van der Waals surface area contributed by atoms with Gasteiger partial charge in [0.15, 0.2) is 5.79 Å². The lowest BCUT2D eigenvalue weighted by atomic mass is 9.43. The first kappa shape index (κ1) is 17.1. The van der Waals surface area contributed by atoms with Gasteiger partial charge in [0.2, 0.25) is 0 Å². The van der Waals surface area contributed by atoms with Crippen LogP contribution in [-0.2, 0) is 9.47 Å². The molecule has 4 rings (SSSR count). The van der Waals surface area contributed by atoms with E-state index < -0.39 is 0 Å². The van der Waals surface area contributed by atoms with E-state index in [1.54, 1.807) is 11.1 Å².